The Labute approximate surface area is 333 Å². The lowest BCUT2D eigenvalue weighted by Crippen LogP contribution is -2.87. The van der Waals surface area contributed by atoms with Gasteiger partial charge in [-0.05, 0) is 103 Å². The molecule has 0 spiro atoms. The topological polar surface area (TPSA) is 15.7 Å². The van der Waals surface area contributed by atoms with Crippen molar-refractivity contribution in [3.63, 3.8) is 0 Å². The monoisotopic (exact) mass is 742 g/mol. The van der Waals surface area contributed by atoms with Crippen molar-refractivity contribution in [2.24, 2.45) is 0 Å². The summed E-state index contributed by atoms with van der Waals surface area (Å²) in [5.74, 6) is 1.84. The molecule has 0 saturated heterocycles. The molecule has 0 fully saturated rings. The van der Waals surface area contributed by atoms with Gasteiger partial charge in [0.2, 0.25) is 0 Å². The minimum absolute atomic E-state index is 0.00172. The maximum atomic E-state index is 7.30. The van der Waals surface area contributed by atoms with Crippen LogP contribution in [0, 0.1) is 0 Å². The molecule has 9 aromatic rings. The molecule has 3 aliphatic heterocycles. The number of anilines is 6. The Morgan fingerprint density at radius 1 is 0.404 bits per heavy atom. The van der Waals surface area contributed by atoms with E-state index in [0.717, 1.165) is 39.9 Å². The van der Waals surface area contributed by atoms with E-state index in [4.69, 9.17) is 4.74 Å². The lowest BCUT2D eigenvalue weighted by molar-refractivity contribution is 0.488. The van der Waals surface area contributed by atoms with Gasteiger partial charge in [-0.1, -0.05) is 152 Å². The van der Waals surface area contributed by atoms with Crippen LogP contribution in [0.5, 0.6) is 11.5 Å². The van der Waals surface area contributed by atoms with E-state index < -0.39 is 8.07 Å². The number of fused-ring (bicyclic) bond motifs is 1. The normalized spacial score (nSPS) is 13.8. The Hall–Kier alpha value is -7.08. The van der Waals surface area contributed by atoms with Crippen LogP contribution in [0.15, 0.2) is 212 Å². The van der Waals surface area contributed by atoms with Crippen LogP contribution in [0.3, 0.4) is 0 Å². The fourth-order valence-corrected chi connectivity index (χ4v) is 15.4. The van der Waals surface area contributed by atoms with E-state index in [0.29, 0.717) is 0 Å². The molecule has 0 atom stereocenters. The maximum absolute atomic E-state index is 7.30. The number of hydrogen-bond acceptors (Lipinski definition) is 3. The average molecular weight is 743 g/mol. The molecule has 3 nitrogen and oxygen atoms in total. The average Bonchev–Trinajstić information content (AvgIpc) is 3.28. The molecule has 5 heteroatoms. The van der Waals surface area contributed by atoms with Gasteiger partial charge in [-0.3, -0.25) is 0 Å². The molecule has 9 aromatic carbocycles. The summed E-state index contributed by atoms with van der Waals surface area (Å²) in [5.41, 5.74) is 10.6. The van der Waals surface area contributed by atoms with Gasteiger partial charge in [0, 0.05) is 34.5 Å². The largest absolute Gasteiger partial charge is 0.458 e. The maximum Gasteiger partial charge on any atom is 0.256 e. The Morgan fingerprint density at radius 2 is 0.982 bits per heavy atom. The van der Waals surface area contributed by atoms with E-state index in [2.05, 4.69) is 222 Å². The standard InChI is InChI=1S/C52H35BN2OSi/c1-5-19-38(20-6-1)54(39-21-7-2-8-22-39)41-34-45-50-47(35-41)56-46-28-16-30-49-52(46)53(50)51-44(55(45)40-32-31-36-17-13-14-18-37(36)33-40)27-15-29-48(51)57(49,42-23-9-3-10-24-42)43-25-11-4-12-26-43/h1-35H. The van der Waals surface area contributed by atoms with Crippen LogP contribution in [0.25, 0.3) is 10.8 Å². The molecule has 0 saturated carbocycles. The Bertz CT molecular complexity index is 2930. The SMILES string of the molecule is c1ccc(N(c2ccccc2)c2cc3c4c(c2)N(c2ccc5ccccc5c2)c2cccc5c2B4c2c(cccc2[Si]5(c2ccccc2)c2ccccc2)O3)cc1. The van der Waals surface area contributed by atoms with Crippen molar-refractivity contribution in [3.05, 3.63) is 212 Å². The molecule has 0 unspecified atom stereocenters. The molecule has 57 heavy (non-hydrogen) atoms. The summed E-state index contributed by atoms with van der Waals surface area (Å²) in [4.78, 5) is 4.87. The first-order valence-corrected chi connectivity index (χ1v) is 21.7. The molecule has 3 heterocycles. The minimum atomic E-state index is -2.86. The first-order valence-electron chi connectivity index (χ1n) is 19.7. The summed E-state index contributed by atoms with van der Waals surface area (Å²) in [6, 6.07) is 78.1. The van der Waals surface area contributed by atoms with Crippen molar-refractivity contribution >= 4 is 96.8 Å². The van der Waals surface area contributed by atoms with E-state index in [1.54, 1.807) is 0 Å². The number of ether oxygens (including phenoxy) is 1. The van der Waals surface area contributed by atoms with Crippen LogP contribution in [-0.4, -0.2) is 14.8 Å². The minimum Gasteiger partial charge on any atom is -0.458 e. The van der Waals surface area contributed by atoms with Gasteiger partial charge in [0.05, 0.1) is 5.69 Å². The summed E-state index contributed by atoms with van der Waals surface area (Å²) in [7, 11) is -2.86. The van der Waals surface area contributed by atoms with Crippen LogP contribution in [0.1, 0.15) is 0 Å². The van der Waals surface area contributed by atoms with E-state index in [-0.39, 0.29) is 6.71 Å². The van der Waals surface area contributed by atoms with Crippen molar-refractivity contribution in [3.8, 4) is 11.5 Å². The third-order valence-corrected chi connectivity index (χ3v) is 17.2. The second-order valence-electron chi connectivity index (χ2n) is 15.2. The van der Waals surface area contributed by atoms with E-state index >= 15 is 0 Å². The van der Waals surface area contributed by atoms with Gasteiger partial charge in [-0.2, -0.15) is 0 Å². The van der Waals surface area contributed by atoms with Gasteiger partial charge in [-0.25, -0.2) is 0 Å². The molecule has 12 rings (SSSR count). The van der Waals surface area contributed by atoms with Gasteiger partial charge in [0.25, 0.3) is 6.71 Å². The molecule has 0 aromatic heterocycles. The van der Waals surface area contributed by atoms with Gasteiger partial charge in [-0.15, -0.1) is 0 Å². The van der Waals surface area contributed by atoms with Crippen molar-refractivity contribution in [1.29, 1.82) is 0 Å². The van der Waals surface area contributed by atoms with E-state index in [1.807, 2.05) is 0 Å². The van der Waals surface area contributed by atoms with Crippen LogP contribution < -0.4 is 51.7 Å². The third-order valence-electron chi connectivity index (χ3n) is 12.3. The Kier molecular flexibility index (Phi) is 7.04. The van der Waals surface area contributed by atoms with Gasteiger partial charge in [0.1, 0.15) is 11.5 Å². The van der Waals surface area contributed by atoms with Crippen molar-refractivity contribution in [1.82, 2.24) is 0 Å². The molecule has 0 aliphatic carbocycles. The molecule has 0 bridgehead atoms. The number of rotatable bonds is 6. The predicted molar refractivity (Wildman–Crippen MR) is 242 cm³/mol. The molecule has 3 aliphatic rings. The number of hydrogen-bond donors (Lipinski definition) is 0. The molecule has 266 valence electrons. The van der Waals surface area contributed by atoms with E-state index in [9.17, 15) is 0 Å². The lowest BCUT2D eigenvalue weighted by Gasteiger charge is -2.49. The third kappa shape index (κ3) is 4.61. The molecule has 0 amide bonds. The highest BCUT2D eigenvalue weighted by molar-refractivity contribution is 7.27. The molecule has 0 N–H and O–H groups in total. The zero-order valence-electron chi connectivity index (χ0n) is 31.1. The highest BCUT2D eigenvalue weighted by Crippen LogP contribution is 2.46. The van der Waals surface area contributed by atoms with Gasteiger partial charge in [0.15, 0.2) is 8.07 Å². The molecular formula is C52H35BN2OSi. The fraction of sp³-hybridized carbons (Fsp3) is 0. The summed E-state index contributed by atoms with van der Waals surface area (Å²) >= 11 is 0. The quantitative estimate of drug-likeness (QED) is 0.159. The van der Waals surface area contributed by atoms with Crippen molar-refractivity contribution < 1.29 is 4.74 Å². The van der Waals surface area contributed by atoms with Gasteiger partial charge >= 0.3 is 0 Å². The van der Waals surface area contributed by atoms with Crippen LogP contribution in [0.2, 0.25) is 0 Å². The first kappa shape index (κ1) is 32.2. The highest BCUT2D eigenvalue weighted by atomic mass is 28.3. The summed E-state index contributed by atoms with van der Waals surface area (Å²) in [6.45, 7) is 0.00172. The van der Waals surface area contributed by atoms with Gasteiger partial charge < -0.3 is 14.5 Å². The summed E-state index contributed by atoms with van der Waals surface area (Å²) < 4.78 is 7.30. The zero-order valence-corrected chi connectivity index (χ0v) is 32.1. The summed E-state index contributed by atoms with van der Waals surface area (Å²) in [6.07, 6.45) is 0. The first-order chi connectivity index (χ1) is 28.3. The smallest absolute Gasteiger partial charge is 0.256 e. The van der Waals surface area contributed by atoms with Crippen LogP contribution in [-0.2, 0) is 0 Å². The van der Waals surface area contributed by atoms with Crippen molar-refractivity contribution in [2.45, 2.75) is 0 Å². The molecular weight excluding hydrogens is 707 g/mol. The zero-order chi connectivity index (χ0) is 37.5. The number of benzene rings is 9. The molecule has 0 radical (unpaired) electrons. The Morgan fingerprint density at radius 3 is 1.65 bits per heavy atom. The second-order valence-corrected chi connectivity index (χ2v) is 19.0. The fourth-order valence-electron chi connectivity index (χ4n) is 10.1. The van der Waals surface area contributed by atoms with E-state index in [1.165, 1.54) is 53.6 Å². The van der Waals surface area contributed by atoms with Crippen LogP contribution >= 0.6 is 0 Å². The van der Waals surface area contributed by atoms with Crippen LogP contribution in [0.4, 0.5) is 34.1 Å². The predicted octanol–water partition coefficient (Wildman–Crippen LogP) is 8.41. The number of nitrogens with zero attached hydrogens (tertiary/aromatic N) is 2. The van der Waals surface area contributed by atoms with Crippen molar-refractivity contribution in [2.75, 3.05) is 9.80 Å². The lowest BCUT2D eigenvalue weighted by atomic mass is 9.34. The number of para-hydroxylation sites is 2. The Balaban J connectivity index is 1.21. The summed E-state index contributed by atoms with van der Waals surface area (Å²) in [5, 5.41) is 8.04. The highest BCUT2D eigenvalue weighted by Gasteiger charge is 2.56. The second kappa shape index (κ2) is 12.5.